The minimum Gasteiger partial charge on any atom is -0.299 e. The highest BCUT2D eigenvalue weighted by atomic mass is 19.3. The number of alkyl halides is 2. The summed E-state index contributed by atoms with van der Waals surface area (Å²) in [5.41, 5.74) is -0.401. The van der Waals surface area contributed by atoms with Gasteiger partial charge in [0, 0.05) is 12.6 Å². The first-order valence-electron chi connectivity index (χ1n) is 4.76. The van der Waals surface area contributed by atoms with Crippen molar-refractivity contribution < 1.29 is 8.78 Å². The fourth-order valence-electron chi connectivity index (χ4n) is 1.60. The Morgan fingerprint density at radius 2 is 2.06 bits per heavy atom. The number of aryl methyl sites for hydroxylation is 1. The van der Waals surface area contributed by atoms with E-state index in [1.54, 1.807) is 14.0 Å². The van der Waals surface area contributed by atoms with E-state index in [2.05, 4.69) is 4.98 Å². The minimum atomic E-state index is -2.62. The van der Waals surface area contributed by atoms with Gasteiger partial charge in [0.15, 0.2) is 0 Å². The number of para-hydroxylation sites is 1. The standard InChI is InChI=1S/C11H10F2N2O/c1-6-14-9-7(10(12)13)4-3-5-8(9)11(16)15(6)2/h3-5,10H,1-2H3. The number of aromatic nitrogens is 2. The Morgan fingerprint density at radius 1 is 1.38 bits per heavy atom. The molecule has 0 radical (unpaired) electrons. The molecular formula is C11H10F2N2O. The predicted molar refractivity (Wildman–Crippen MR) is 56.7 cm³/mol. The van der Waals surface area contributed by atoms with Crippen molar-refractivity contribution in [2.24, 2.45) is 7.05 Å². The van der Waals surface area contributed by atoms with Gasteiger partial charge >= 0.3 is 0 Å². The summed E-state index contributed by atoms with van der Waals surface area (Å²) in [5, 5.41) is 0.228. The van der Waals surface area contributed by atoms with Gasteiger partial charge in [-0.2, -0.15) is 0 Å². The van der Waals surface area contributed by atoms with Gasteiger partial charge in [0.1, 0.15) is 5.82 Å². The van der Waals surface area contributed by atoms with E-state index < -0.39 is 6.43 Å². The summed E-state index contributed by atoms with van der Waals surface area (Å²) in [7, 11) is 1.57. The summed E-state index contributed by atoms with van der Waals surface area (Å²) >= 11 is 0. The molecule has 2 rings (SSSR count). The zero-order valence-corrected chi connectivity index (χ0v) is 8.87. The molecule has 0 fully saturated rings. The number of benzene rings is 1. The van der Waals surface area contributed by atoms with Crippen LogP contribution < -0.4 is 5.56 Å². The number of hydrogen-bond acceptors (Lipinski definition) is 2. The molecule has 0 amide bonds. The van der Waals surface area contributed by atoms with Crippen molar-refractivity contribution in [3.63, 3.8) is 0 Å². The fourth-order valence-corrected chi connectivity index (χ4v) is 1.60. The van der Waals surface area contributed by atoms with Crippen LogP contribution in [0, 0.1) is 6.92 Å². The van der Waals surface area contributed by atoms with Crippen LogP contribution in [0.3, 0.4) is 0 Å². The van der Waals surface area contributed by atoms with E-state index in [0.29, 0.717) is 5.82 Å². The Hall–Kier alpha value is -1.78. The van der Waals surface area contributed by atoms with Crippen LogP contribution in [-0.2, 0) is 7.05 Å². The molecule has 0 saturated heterocycles. The van der Waals surface area contributed by atoms with Crippen molar-refractivity contribution >= 4 is 10.9 Å². The second kappa shape index (κ2) is 3.66. The second-order valence-electron chi connectivity index (χ2n) is 3.57. The molecule has 1 aromatic heterocycles. The van der Waals surface area contributed by atoms with E-state index >= 15 is 0 Å². The van der Waals surface area contributed by atoms with Gasteiger partial charge in [-0.15, -0.1) is 0 Å². The number of hydrogen-bond donors (Lipinski definition) is 0. The normalized spacial score (nSPS) is 11.3. The molecule has 16 heavy (non-hydrogen) atoms. The number of fused-ring (bicyclic) bond motifs is 1. The van der Waals surface area contributed by atoms with Gasteiger partial charge in [0.2, 0.25) is 0 Å². The lowest BCUT2D eigenvalue weighted by Crippen LogP contribution is -2.21. The Kier molecular flexibility index (Phi) is 2.46. The number of halogens is 2. The van der Waals surface area contributed by atoms with Gasteiger partial charge in [-0.05, 0) is 13.0 Å². The predicted octanol–water partition coefficient (Wildman–Crippen LogP) is 2.18. The monoisotopic (exact) mass is 224 g/mol. The molecule has 3 nitrogen and oxygen atoms in total. The van der Waals surface area contributed by atoms with Crippen molar-refractivity contribution in [2.75, 3.05) is 0 Å². The molecule has 1 aromatic carbocycles. The summed E-state index contributed by atoms with van der Waals surface area (Å²) in [6.07, 6.45) is -2.62. The molecule has 0 aliphatic rings. The molecule has 2 aromatic rings. The Bertz CT molecular complexity index is 605. The van der Waals surface area contributed by atoms with Crippen LogP contribution in [0.1, 0.15) is 17.8 Å². The van der Waals surface area contributed by atoms with Crippen LogP contribution >= 0.6 is 0 Å². The fraction of sp³-hybridized carbons (Fsp3) is 0.273. The summed E-state index contributed by atoms with van der Waals surface area (Å²) in [4.78, 5) is 15.8. The molecule has 0 N–H and O–H groups in total. The third-order valence-corrected chi connectivity index (χ3v) is 2.60. The smallest absolute Gasteiger partial charge is 0.265 e. The summed E-state index contributed by atoms with van der Waals surface area (Å²) in [6, 6.07) is 4.25. The van der Waals surface area contributed by atoms with Gasteiger partial charge in [-0.25, -0.2) is 13.8 Å². The van der Waals surface area contributed by atoms with Crippen LogP contribution in [0.4, 0.5) is 8.78 Å². The maximum Gasteiger partial charge on any atom is 0.265 e. The van der Waals surface area contributed by atoms with Crippen LogP contribution in [0.5, 0.6) is 0 Å². The highest BCUT2D eigenvalue weighted by molar-refractivity contribution is 5.81. The van der Waals surface area contributed by atoms with E-state index in [1.165, 1.54) is 22.8 Å². The summed E-state index contributed by atoms with van der Waals surface area (Å²) < 4.78 is 26.8. The summed E-state index contributed by atoms with van der Waals surface area (Å²) in [5.74, 6) is 0.422. The van der Waals surface area contributed by atoms with Crippen molar-refractivity contribution in [3.8, 4) is 0 Å². The Morgan fingerprint density at radius 3 is 2.69 bits per heavy atom. The largest absolute Gasteiger partial charge is 0.299 e. The van der Waals surface area contributed by atoms with Gasteiger partial charge in [-0.3, -0.25) is 9.36 Å². The number of rotatable bonds is 1. The Balaban J connectivity index is 2.95. The summed E-state index contributed by atoms with van der Waals surface area (Å²) in [6.45, 7) is 1.61. The minimum absolute atomic E-state index is 0.0955. The zero-order chi connectivity index (χ0) is 11.9. The lowest BCUT2D eigenvalue weighted by Gasteiger charge is -2.08. The zero-order valence-electron chi connectivity index (χ0n) is 8.87. The third kappa shape index (κ3) is 1.48. The SMILES string of the molecule is Cc1nc2c(C(F)F)cccc2c(=O)n1C. The van der Waals surface area contributed by atoms with E-state index in [1.807, 2.05) is 0 Å². The first-order valence-corrected chi connectivity index (χ1v) is 4.76. The molecule has 0 aliphatic carbocycles. The average molecular weight is 224 g/mol. The van der Waals surface area contributed by atoms with Crippen LogP contribution in [0.15, 0.2) is 23.0 Å². The van der Waals surface area contributed by atoms with Crippen molar-refractivity contribution in [1.29, 1.82) is 0 Å². The van der Waals surface area contributed by atoms with Gasteiger partial charge in [0.25, 0.3) is 12.0 Å². The number of nitrogens with zero attached hydrogens (tertiary/aromatic N) is 2. The molecule has 0 unspecified atom stereocenters. The Labute approximate surface area is 90.3 Å². The molecule has 0 bridgehead atoms. The van der Waals surface area contributed by atoms with E-state index in [0.717, 1.165) is 0 Å². The van der Waals surface area contributed by atoms with Crippen molar-refractivity contribution in [2.45, 2.75) is 13.3 Å². The molecule has 0 aliphatic heterocycles. The van der Waals surface area contributed by atoms with Gasteiger partial charge in [-0.1, -0.05) is 12.1 Å². The highest BCUT2D eigenvalue weighted by Gasteiger charge is 2.15. The first-order chi connectivity index (χ1) is 7.52. The van der Waals surface area contributed by atoms with Crippen molar-refractivity contribution in [1.82, 2.24) is 9.55 Å². The molecule has 0 saturated carbocycles. The quantitative estimate of drug-likeness (QED) is 0.744. The van der Waals surface area contributed by atoms with E-state index in [-0.39, 0.29) is 22.0 Å². The molecular weight excluding hydrogens is 214 g/mol. The van der Waals surface area contributed by atoms with Crippen molar-refractivity contribution in [3.05, 3.63) is 39.9 Å². The van der Waals surface area contributed by atoms with Gasteiger partial charge < -0.3 is 0 Å². The molecule has 0 atom stereocenters. The molecule has 1 heterocycles. The maximum atomic E-state index is 12.7. The highest BCUT2D eigenvalue weighted by Crippen LogP contribution is 2.24. The molecule has 84 valence electrons. The second-order valence-corrected chi connectivity index (χ2v) is 3.57. The molecule has 0 spiro atoms. The first kappa shape index (κ1) is 10.7. The third-order valence-electron chi connectivity index (χ3n) is 2.60. The van der Waals surface area contributed by atoms with Crippen LogP contribution in [-0.4, -0.2) is 9.55 Å². The lowest BCUT2D eigenvalue weighted by molar-refractivity contribution is 0.153. The van der Waals surface area contributed by atoms with E-state index in [9.17, 15) is 13.6 Å². The topological polar surface area (TPSA) is 34.9 Å². The maximum absolute atomic E-state index is 12.7. The average Bonchev–Trinajstić information content (AvgIpc) is 2.25. The lowest BCUT2D eigenvalue weighted by atomic mass is 10.1. The van der Waals surface area contributed by atoms with Crippen LogP contribution in [0.2, 0.25) is 0 Å². The van der Waals surface area contributed by atoms with Crippen LogP contribution in [0.25, 0.3) is 10.9 Å². The van der Waals surface area contributed by atoms with E-state index in [4.69, 9.17) is 0 Å². The van der Waals surface area contributed by atoms with Gasteiger partial charge in [0.05, 0.1) is 10.9 Å². The molecule has 5 heteroatoms.